The summed E-state index contributed by atoms with van der Waals surface area (Å²) < 4.78 is 0. The number of hydrogen-bond donors (Lipinski definition) is 2. The van der Waals surface area contributed by atoms with Crippen molar-refractivity contribution in [1.29, 1.82) is 0 Å². The third kappa shape index (κ3) is 2.58. The van der Waals surface area contributed by atoms with Crippen molar-refractivity contribution in [1.82, 2.24) is 0 Å². The van der Waals surface area contributed by atoms with Gasteiger partial charge in [0.2, 0.25) is 0 Å². The monoisotopic (exact) mass is 108 g/mol. The molecule has 3 heteroatoms. The summed E-state index contributed by atoms with van der Waals surface area (Å²) in [5.74, 6) is 0. The van der Waals surface area contributed by atoms with E-state index in [1.54, 1.807) is 0 Å². The minimum absolute atomic E-state index is 0.145. The molecule has 0 aliphatic rings. The summed E-state index contributed by atoms with van der Waals surface area (Å²) in [6.07, 6.45) is 0.289. The van der Waals surface area contributed by atoms with Crippen LogP contribution in [0.2, 0.25) is 0 Å². The Morgan fingerprint density at radius 1 is 1.33 bits per heavy atom. The Morgan fingerprint density at radius 3 is 1.67 bits per heavy atom. The van der Waals surface area contributed by atoms with E-state index in [4.69, 9.17) is 10.2 Å². The molecule has 0 rings (SSSR count). The fourth-order valence-electron chi connectivity index (χ4n) is 0.0447. The molecule has 0 unspecified atom stereocenters. The van der Waals surface area contributed by atoms with E-state index in [9.17, 15) is 0 Å². The molecule has 0 aromatic heterocycles. The number of hydrogen-bond acceptors (Lipinski definition) is 2. The van der Waals surface area contributed by atoms with Crippen molar-refractivity contribution in [3.8, 4) is 0 Å². The van der Waals surface area contributed by atoms with E-state index in [0.29, 0.717) is 0 Å². The van der Waals surface area contributed by atoms with Crippen molar-refractivity contribution >= 4 is 7.92 Å². The highest BCUT2D eigenvalue weighted by Gasteiger charge is 1.90. The van der Waals surface area contributed by atoms with Crippen LogP contribution in [-0.4, -0.2) is 29.6 Å². The lowest BCUT2D eigenvalue weighted by molar-refractivity contribution is 0.344. The summed E-state index contributed by atoms with van der Waals surface area (Å²) in [4.78, 5) is 0. The number of aliphatic hydroxyl groups excluding tert-OH is 2. The summed E-state index contributed by atoms with van der Waals surface area (Å²) in [6, 6.07) is 0. The molecule has 0 atom stereocenters. The third-order valence-electron chi connectivity index (χ3n) is 0.483. The van der Waals surface area contributed by atoms with Gasteiger partial charge in [-0.05, 0) is 6.66 Å². The highest BCUT2D eigenvalue weighted by Crippen LogP contribution is 2.25. The zero-order valence-electron chi connectivity index (χ0n) is 3.76. The van der Waals surface area contributed by atoms with Crippen molar-refractivity contribution in [2.24, 2.45) is 0 Å². The van der Waals surface area contributed by atoms with Crippen molar-refractivity contribution in [2.45, 2.75) is 0 Å². The first-order valence-corrected chi connectivity index (χ1v) is 3.87. The molecular formula is C3H9O2P. The topological polar surface area (TPSA) is 40.5 Å². The van der Waals surface area contributed by atoms with Crippen molar-refractivity contribution in [3.63, 3.8) is 0 Å². The van der Waals surface area contributed by atoms with Gasteiger partial charge in [-0.3, -0.25) is 0 Å². The van der Waals surface area contributed by atoms with Crippen molar-refractivity contribution < 1.29 is 10.2 Å². The predicted molar refractivity (Wildman–Crippen MR) is 27.0 cm³/mol. The molecule has 0 saturated heterocycles. The summed E-state index contributed by atoms with van der Waals surface area (Å²) in [6.45, 7) is 1.84. The molecule has 0 bridgehead atoms. The molecule has 0 radical (unpaired) electrons. The van der Waals surface area contributed by atoms with Gasteiger partial charge in [-0.25, -0.2) is 0 Å². The minimum Gasteiger partial charge on any atom is -0.392 e. The largest absolute Gasteiger partial charge is 0.392 e. The smallest absolute Gasteiger partial charge is 0.0644 e. The fraction of sp³-hybridized carbons (Fsp3) is 1.00. The minimum atomic E-state index is -0.465. The maximum atomic E-state index is 8.20. The molecule has 0 spiro atoms. The van der Waals surface area contributed by atoms with Gasteiger partial charge < -0.3 is 10.2 Å². The average Bonchev–Trinajstić information content (AvgIpc) is 1.65. The van der Waals surface area contributed by atoms with Crippen LogP contribution in [0.5, 0.6) is 0 Å². The van der Waals surface area contributed by atoms with Crippen LogP contribution in [0, 0.1) is 0 Å². The molecule has 0 aromatic rings. The molecule has 0 aliphatic carbocycles. The maximum absolute atomic E-state index is 8.20. The second-order valence-corrected chi connectivity index (χ2v) is 3.42. The van der Waals surface area contributed by atoms with Gasteiger partial charge in [0.25, 0.3) is 0 Å². The van der Waals surface area contributed by atoms with Crippen LogP contribution in [-0.2, 0) is 0 Å². The Balaban J connectivity index is 2.75. The maximum Gasteiger partial charge on any atom is 0.0644 e. The van der Waals surface area contributed by atoms with Gasteiger partial charge in [0, 0.05) is 0 Å². The first kappa shape index (κ1) is 6.35. The fourth-order valence-corrected chi connectivity index (χ4v) is 0.134. The van der Waals surface area contributed by atoms with Gasteiger partial charge in [-0.2, -0.15) is 0 Å². The molecule has 0 fully saturated rings. The average molecular weight is 108 g/mol. The van der Waals surface area contributed by atoms with E-state index in [-0.39, 0.29) is 12.7 Å². The second kappa shape index (κ2) is 3.54. The Morgan fingerprint density at radius 2 is 1.67 bits per heavy atom. The van der Waals surface area contributed by atoms with Crippen LogP contribution in [0.1, 0.15) is 0 Å². The van der Waals surface area contributed by atoms with Crippen LogP contribution in [0.25, 0.3) is 0 Å². The van der Waals surface area contributed by atoms with Crippen LogP contribution in [0.3, 0.4) is 0 Å². The molecule has 0 heterocycles. The summed E-state index contributed by atoms with van der Waals surface area (Å²) in [7, 11) is -0.465. The van der Waals surface area contributed by atoms with E-state index in [1.165, 1.54) is 0 Å². The Bertz CT molecular complexity index is 28.0. The van der Waals surface area contributed by atoms with Crippen molar-refractivity contribution in [3.05, 3.63) is 0 Å². The summed E-state index contributed by atoms with van der Waals surface area (Å²) in [5.41, 5.74) is 0. The third-order valence-corrected chi connectivity index (χ3v) is 1.45. The Kier molecular flexibility index (Phi) is 3.74. The van der Waals surface area contributed by atoms with Gasteiger partial charge in [0.15, 0.2) is 0 Å². The molecule has 0 amide bonds. The molecule has 2 nitrogen and oxygen atoms in total. The highest BCUT2D eigenvalue weighted by molar-refractivity contribution is 7.56. The zero-order chi connectivity index (χ0) is 4.99. The van der Waals surface area contributed by atoms with Gasteiger partial charge in [-0.15, -0.1) is 0 Å². The Labute approximate surface area is 38.6 Å². The number of aliphatic hydroxyl groups is 2. The quantitative estimate of drug-likeness (QED) is 0.489. The summed E-state index contributed by atoms with van der Waals surface area (Å²) >= 11 is 0. The summed E-state index contributed by atoms with van der Waals surface area (Å²) in [5, 5.41) is 16.4. The van der Waals surface area contributed by atoms with Crippen molar-refractivity contribution in [2.75, 3.05) is 19.4 Å². The predicted octanol–water partition coefficient (Wildman–Crippen LogP) is -0.00230. The number of rotatable bonds is 2. The van der Waals surface area contributed by atoms with E-state index in [2.05, 4.69) is 0 Å². The Hall–Kier alpha value is 0.350. The first-order chi connectivity index (χ1) is 2.81. The van der Waals surface area contributed by atoms with E-state index < -0.39 is 7.92 Å². The standard InChI is InChI=1S/C3H9O2P/c1-6(2-4)3-5/h4-5H,2-3H2,1H3. The molecule has 2 N–H and O–H groups in total. The van der Waals surface area contributed by atoms with E-state index in [1.807, 2.05) is 6.66 Å². The first-order valence-electron chi connectivity index (χ1n) is 1.71. The lowest BCUT2D eigenvalue weighted by Gasteiger charge is -1.98. The molecule has 6 heavy (non-hydrogen) atoms. The molecule has 0 aromatic carbocycles. The normalized spacial score (nSPS) is 10.0. The van der Waals surface area contributed by atoms with Crippen LogP contribution in [0.15, 0.2) is 0 Å². The lowest BCUT2D eigenvalue weighted by atomic mass is 11.7. The lowest BCUT2D eigenvalue weighted by Crippen LogP contribution is -1.82. The van der Waals surface area contributed by atoms with Gasteiger partial charge >= 0.3 is 0 Å². The highest BCUT2D eigenvalue weighted by atomic mass is 31.1. The van der Waals surface area contributed by atoms with E-state index in [0.717, 1.165) is 0 Å². The van der Waals surface area contributed by atoms with Crippen LogP contribution < -0.4 is 0 Å². The van der Waals surface area contributed by atoms with Gasteiger partial charge in [-0.1, -0.05) is 7.92 Å². The van der Waals surface area contributed by atoms with Gasteiger partial charge in [0.05, 0.1) is 12.7 Å². The van der Waals surface area contributed by atoms with Crippen LogP contribution in [0.4, 0.5) is 0 Å². The van der Waals surface area contributed by atoms with Gasteiger partial charge in [0.1, 0.15) is 0 Å². The molecule has 0 aliphatic heterocycles. The SMILES string of the molecule is CP(CO)CO. The van der Waals surface area contributed by atoms with E-state index >= 15 is 0 Å². The molecule has 38 valence electrons. The zero-order valence-corrected chi connectivity index (χ0v) is 4.65. The second-order valence-electron chi connectivity index (χ2n) is 1.14. The molecule has 0 saturated carbocycles. The van der Waals surface area contributed by atoms with Crippen LogP contribution >= 0.6 is 7.92 Å². The molecular weight excluding hydrogens is 99.0 g/mol.